The molecular weight excluding hydrogens is 447 g/mol. The van der Waals surface area contributed by atoms with Crippen LogP contribution >= 0.6 is 24.0 Å². The fourth-order valence-electron chi connectivity index (χ4n) is 4.70. The second kappa shape index (κ2) is 11.8. The Morgan fingerprint density at radius 3 is 2.59 bits per heavy atom. The summed E-state index contributed by atoms with van der Waals surface area (Å²) < 4.78 is 0. The van der Waals surface area contributed by atoms with Gasteiger partial charge in [0.2, 0.25) is 5.91 Å². The Hall–Kier alpha value is -1.92. The summed E-state index contributed by atoms with van der Waals surface area (Å²) in [7, 11) is 0. The molecule has 0 bridgehead atoms. The van der Waals surface area contributed by atoms with Gasteiger partial charge in [-0.25, -0.2) is 0 Å². The third kappa shape index (κ3) is 5.70. The normalized spacial score (nSPS) is 17.0. The van der Waals surface area contributed by atoms with Gasteiger partial charge < -0.3 is 10.8 Å². The maximum atomic E-state index is 13.6. The van der Waals surface area contributed by atoms with Gasteiger partial charge in [0, 0.05) is 31.0 Å². The van der Waals surface area contributed by atoms with Crippen molar-refractivity contribution in [2.45, 2.75) is 52.0 Å². The van der Waals surface area contributed by atoms with Gasteiger partial charge in [-0.2, -0.15) is 0 Å². The Kier molecular flexibility index (Phi) is 9.71. The number of anilines is 1. The molecular formula is C25H32Cl2N2O3. The van der Waals surface area contributed by atoms with Crippen LogP contribution in [0.1, 0.15) is 59.7 Å². The SMILES string of the molecule is CCCCN(Cc1ccccc1)CC1CCc2cc(Cl)c3c(c2C1=O)CCC(=O)N3.Cl.O. The quantitative estimate of drug-likeness (QED) is 0.615. The van der Waals surface area contributed by atoms with Gasteiger partial charge >= 0.3 is 0 Å². The van der Waals surface area contributed by atoms with Crippen LogP contribution in [0.2, 0.25) is 5.02 Å². The first kappa shape index (κ1) is 26.3. The van der Waals surface area contributed by atoms with E-state index in [9.17, 15) is 9.59 Å². The van der Waals surface area contributed by atoms with Crippen molar-refractivity contribution in [1.82, 2.24) is 4.90 Å². The molecule has 0 aromatic heterocycles. The van der Waals surface area contributed by atoms with E-state index in [4.69, 9.17) is 11.6 Å². The molecule has 3 N–H and O–H groups in total. The summed E-state index contributed by atoms with van der Waals surface area (Å²) in [5, 5.41) is 3.43. The van der Waals surface area contributed by atoms with Crippen molar-refractivity contribution in [1.29, 1.82) is 0 Å². The molecule has 0 spiro atoms. The van der Waals surface area contributed by atoms with Crippen molar-refractivity contribution in [2.75, 3.05) is 18.4 Å². The molecule has 1 atom stereocenters. The van der Waals surface area contributed by atoms with E-state index in [0.29, 0.717) is 23.6 Å². The summed E-state index contributed by atoms with van der Waals surface area (Å²) in [5.74, 6) is 0.175. The lowest BCUT2D eigenvalue weighted by atomic mass is 9.78. The fourth-order valence-corrected chi connectivity index (χ4v) is 4.99. The summed E-state index contributed by atoms with van der Waals surface area (Å²) in [4.78, 5) is 27.8. The highest BCUT2D eigenvalue weighted by Crippen LogP contribution is 2.39. The van der Waals surface area contributed by atoms with Gasteiger partial charge in [0.05, 0.1) is 10.7 Å². The highest BCUT2D eigenvalue weighted by Gasteiger charge is 2.34. The number of halogens is 2. The van der Waals surface area contributed by atoms with Gasteiger partial charge in [0.15, 0.2) is 5.78 Å². The van der Waals surface area contributed by atoms with Crippen molar-refractivity contribution >= 4 is 41.4 Å². The zero-order valence-electron chi connectivity index (χ0n) is 18.5. The molecule has 2 aromatic carbocycles. The lowest BCUT2D eigenvalue weighted by Gasteiger charge is -2.32. The molecule has 0 saturated heterocycles. The zero-order valence-corrected chi connectivity index (χ0v) is 20.0. The standard InChI is InChI=1S/C25H29ClN2O2.ClH.H2O/c1-2-3-13-28(15-17-7-5-4-6-8-17)16-19-10-9-18-14-21(26)24-20(23(18)25(19)30)11-12-22(29)27-24;;/h4-8,14,19H,2-3,9-13,15-16H2,1H3,(H,27,29);1H;1H2. The van der Waals surface area contributed by atoms with Crippen LogP contribution < -0.4 is 5.32 Å². The van der Waals surface area contributed by atoms with E-state index >= 15 is 0 Å². The van der Waals surface area contributed by atoms with Crippen LogP contribution in [0.15, 0.2) is 36.4 Å². The summed E-state index contributed by atoms with van der Waals surface area (Å²) in [6.07, 6.45) is 4.98. The number of hydrogen-bond acceptors (Lipinski definition) is 3. The minimum absolute atomic E-state index is 0. The van der Waals surface area contributed by atoms with Crippen LogP contribution in [0.3, 0.4) is 0 Å². The van der Waals surface area contributed by atoms with Gasteiger partial charge in [-0.05, 0) is 55.0 Å². The minimum atomic E-state index is -0.0299. The Labute approximate surface area is 201 Å². The smallest absolute Gasteiger partial charge is 0.224 e. The number of benzene rings is 2. The number of ketones is 1. The zero-order chi connectivity index (χ0) is 21.1. The lowest BCUT2D eigenvalue weighted by Crippen LogP contribution is -2.37. The first-order valence-electron chi connectivity index (χ1n) is 11.0. The van der Waals surface area contributed by atoms with Crippen molar-refractivity contribution in [3.8, 4) is 0 Å². The molecule has 2 aliphatic rings. The largest absolute Gasteiger partial charge is 0.412 e. The van der Waals surface area contributed by atoms with E-state index in [2.05, 4.69) is 41.4 Å². The van der Waals surface area contributed by atoms with E-state index in [-0.39, 0.29) is 35.5 Å². The topological polar surface area (TPSA) is 80.9 Å². The molecule has 32 heavy (non-hydrogen) atoms. The highest BCUT2D eigenvalue weighted by atomic mass is 35.5. The Balaban J connectivity index is 0.00000181. The van der Waals surface area contributed by atoms with Crippen molar-refractivity contribution in [3.05, 3.63) is 63.7 Å². The van der Waals surface area contributed by atoms with Gasteiger partial charge in [-0.3, -0.25) is 14.5 Å². The lowest BCUT2D eigenvalue weighted by molar-refractivity contribution is -0.116. The number of nitrogens with zero attached hydrogens (tertiary/aromatic N) is 1. The molecule has 0 radical (unpaired) electrons. The molecule has 1 aliphatic heterocycles. The van der Waals surface area contributed by atoms with E-state index in [1.165, 1.54) is 5.56 Å². The van der Waals surface area contributed by atoms with Crippen LogP contribution in [0.5, 0.6) is 0 Å². The number of rotatable bonds is 7. The van der Waals surface area contributed by atoms with Gasteiger partial charge in [-0.15, -0.1) is 12.4 Å². The van der Waals surface area contributed by atoms with Gasteiger partial charge in [-0.1, -0.05) is 55.3 Å². The second-order valence-corrected chi connectivity index (χ2v) is 8.88. The van der Waals surface area contributed by atoms with E-state index in [1.54, 1.807) is 0 Å². The summed E-state index contributed by atoms with van der Waals surface area (Å²) >= 11 is 6.43. The molecule has 2 aromatic rings. The van der Waals surface area contributed by atoms with E-state index in [0.717, 1.165) is 62.0 Å². The van der Waals surface area contributed by atoms with Crippen molar-refractivity contribution in [2.24, 2.45) is 5.92 Å². The predicted octanol–water partition coefficient (Wildman–Crippen LogP) is 4.87. The maximum Gasteiger partial charge on any atom is 0.224 e. The number of unbranched alkanes of at least 4 members (excludes halogenated alkanes) is 1. The second-order valence-electron chi connectivity index (χ2n) is 8.47. The monoisotopic (exact) mass is 478 g/mol. The molecule has 174 valence electrons. The first-order valence-corrected chi connectivity index (χ1v) is 11.4. The van der Waals surface area contributed by atoms with Crippen LogP contribution in [0.4, 0.5) is 5.69 Å². The number of carbonyl (C=O) groups is 2. The molecule has 1 amide bonds. The predicted molar refractivity (Wildman–Crippen MR) is 132 cm³/mol. The van der Waals surface area contributed by atoms with E-state index in [1.807, 2.05) is 12.1 Å². The number of amides is 1. The van der Waals surface area contributed by atoms with Gasteiger partial charge in [0.25, 0.3) is 0 Å². The summed E-state index contributed by atoms with van der Waals surface area (Å²) in [6.45, 7) is 4.84. The van der Waals surface area contributed by atoms with Crippen molar-refractivity contribution in [3.63, 3.8) is 0 Å². The number of aryl methyl sites for hydroxylation is 1. The fraction of sp³-hybridized carbons (Fsp3) is 0.440. The number of carbonyl (C=O) groups excluding carboxylic acids is 2. The summed E-state index contributed by atoms with van der Waals surface area (Å²) in [5.41, 5.74) is 4.73. The Morgan fingerprint density at radius 1 is 1.12 bits per heavy atom. The molecule has 0 saturated carbocycles. The molecule has 1 heterocycles. The number of nitrogens with one attached hydrogen (secondary N) is 1. The molecule has 1 aliphatic carbocycles. The minimum Gasteiger partial charge on any atom is -0.412 e. The number of fused-ring (bicyclic) bond motifs is 3. The van der Waals surface area contributed by atoms with E-state index < -0.39 is 0 Å². The molecule has 7 heteroatoms. The van der Waals surface area contributed by atoms with Crippen LogP contribution in [-0.4, -0.2) is 35.2 Å². The van der Waals surface area contributed by atoms with Gasteiger partial charge in [0.1, 0.15) is 0 Å². The van der Waals surface area contributed by atoms with Crippen molar-refractivity contribution < 1.29 is 15.1 Å². The third-order valence-electron chi connectivity index (χ3n) is 6.27. The Morgan fingerprint density at radius 2 is 1.88 bits per heavy atom. The molecule has 5 nitrogen and oxygen atoms in total. The molecule has 0 fully saturated rings. The van der Waals surface area contributed by atoms with Crippen LogP contribution in [0.25, 0.3) is 0 Å². The highest BCUT2D eigenvalue weighted by molar-refractivity contribution is 6.34. The number of hydrogen-bond donors (Lipinski definition) is 1. The van der Waals surface area contributed by atoms with Crippen LogP contribution in [-0.2, 0) is 24.2 Å². The first-order chi connectivity index (χ1) is 14.6. The molecule has 1 unspecified atom stereocenters. The number of Topliss-reactive ketones (excluding diaryl/α,β-unsaturated/α-hetero) is 1. The Bertz CT molecular complexity index is 950. The maximum absolute atomic E-state index is 13.6. The molecule has 4 rings (SSSR count). The summed E-state index contributed by atoms with van der Waals surface area (Å²) in [6, 6.07) is 12.4. The van der Waals surface area contributed by atoms with Crippen LogP contribution in [0, 0.1) is 5.92 Å². The third-order valence-corrected chi connectivity index (χ3v) is 6.56. The average Bonchev–Trinajstić information content (AvgIpc) is 2.75. The average molecular weight is 479 g/mol.